The summed E-state index contributed by atoms with van der Waals surface area (Å²) in [5, 5.41) is 11.4. The first-order valence-electron chi connectivity index (χ1n) is 5.52. The second-order valence-corrected chi connectivity index (χ2v) is 4.83. The van der Waals surface area contributed by atoms with E-state index in [-0.39, 0.29) is 6.42 Å². The maximum atomic E-state index is 13.3. The number of carboxylic acids is 1. The first kappa shape index (κ1) is 14.2. The molecule has 0 aliphatic heterocycles. The van der Waals surface area contributed by atoms with Crippen molar-refractivity contribution in [2.75, 3.05) is 5.32 Å². The van der Waals surface area contributed by atoms with Crippen LogP contribution in [0.2, 0.25) is 0 Å². The molecule has 0 unspecified atom stereocenters. The van der Waals surface area contributed by atoms with Gasteiger partial charge in [-0.1, -0.05) is 6.07 Å². The molecule has 4 nitrogen and oxygen atoms in total. The van der Waals surface area contributed by atoms with Gasteiger partial charge in [0, 0.05) is 17.7 Å². The monoisotopic (exact) mass is 253 g/mol. The number of hydrogen-bond donors (Lipinski definition) is 2. The lowest BCUT2D eigenvalue weighted by Crippen LogP contribution is -2.29. The number of carbonyl (C=O) groups excluding carboxylic acids is 1. The van der Waals surface area contributed by atoms with Crippen molar-refractivity contribution in [2.45, 2.75) is 27.2 Å². The fourth-order valence-electron chi connectivity index (χ4n) is 1.41. The standard InChI is InChI=1S/C13H16FNO3/c1-8-9(14)5-4-6-10(8)15-11(16)7-13(2,3)12(17)18/h4-6H,7H2,1-3H3,(H,15,16)(H,17,18). The quantitative estimate of drug-likeness (QED) is 0.866. The van der Waals surface area contributed by atoms with Gasteiger partial charge in [0.1, 0.15) is 5.82 Å². The molecule has 18 heavy (non-hydrogen) atoms. The molecular formula is C13H16FNO3. The first-order valence-corrected chi connectivity index (χ1v) is 5.52. The molecule has 0 aliphatic rings. The fourth-order valence-corrected chi connectivity index (χ4v) is 1.41. The minimum absolute atomic E-state index is 0.168. The Morgan fingerprint density at radius 1 is 1.39 bits per heavy atom. The minimum Gasteiger partial charge on any atom is -0.481 e. The van der Waals surface area contributed by atoms with Gasteiger partial charge in [-0.15, -0.1) is 0 Å². The molecule has 0 saturated carbocycles. The number of amides is 1. The van der Waals surface area contributed by atoms with Gasteiger partial charge in [0.25, 0.3) is 0 Å². The Kier molecular flexibility index (Phi) is 4.06. The highest BCUT2D eigenvalue weighted by Gasteiger charge is 2.30. The molecule has 0 bridgehead atoms. The Bertz CT molecular complexity index is 483. The van der Waals surface area contributed by atoms with E-state index >= 15 is 0 Å². The molecule has 0 aliphatic carbocycles. The average Bonchev–Trinajstić information content (AvgIpc) is 2.23. The van der Waals surface area contributed by atoms with E-state index in [1.54, 1.807) is 13.0 Å². The molecule has 0 radical (unpaired) electrons. The van der Waals surface area contributed by atoms with Crippen LogP contribution in [0.5, 0.6) is 0 Å². The van der Waals surface area contributed by atoms with Crippen molar-refractivity contribution >= 4 is 17.6 Å². The van der Waals surface area contributed by atoms with Crippen LogP contribution in [-0.2, 0) is 9.59 Å². The number of rotatable bonds is 4. The summed E-state index contributed by atoms with van der Waals surface area (Å²) in [4.78, 5) is 22.6. The molecule has 0 fully saturated rings. The van der Waals surface area contributed by atoms with Gasteiger partial charge in [0.2, 0.25) is 5.91 Å². The Balaban J connectivity index is 2.77. The van der Waals surface area contributed by atoms with E-state index in [4.69, 9.17) is 5.11 Å². The fraction of sp³-hybridized carbons (Fsp3) is 0.385. The summed E-state index contributed by atoms with van der Waals surface area (Å²) in [6.45, 7) is 4.48. The summed E-state index contributed by atoms with van der Waals surface area (Å²) < 4.78 is 13.3. The summed E-state index contributed by atoms with van der Waals surface area (Å²) in [6.07, 6.45) is -0.168. The van der Waals surface area contributed by atoms with Crippen molar-refractivity contribution in [1.29, 1.82) is 0 Å². The van der Waals surface area contributed by atoms with Crippen LogP contribution in [-0.4, -0.2) is 17.0 Å². The summed E-state index contributed by atoms with van der Waals surface area (Å²) in [6, 6.07) is 4.36. The summed E-state index contributed by atoms with van der Waals surface area (Å²) in [7, 11) is 0. The number of aliphatic carboxylic acids is 1. The van der Waals surface area contributed by atoms with E-state index in [2.05, 4.69) is 5.32 Å². The first-order chi connectivity index (χ1) is 8.24. The molecule has 1 amide bonds. The van der Waals surface area contributed by atoms with Gasteiger partial charge in [-0.2, -0.15) is 0 Å². The van der Waals surface area contributed by atoms with Crippen LogP contribution >= 0.6 is 0 Å². The molecule has 1 aromatic rings. The zero-order chi connectivity index (χ0) is 13.9. The molecule has 0 saturated heterocycles. The molecule has 2 N–H and O–H groups in total. The third kappa shape index (κ3) is 3.29. The molecule has 1 aromatic carbocycles. The SMILES string of the molecule is Cc1c(F)cccc1NC(=O)CC(C)(C)C(=O)O. The maximum absolute atomic E-state index is 13.3. The van der Waals surface area contributed by atoms with E-state index in [0.29, 0.717) is 11.3 Å². The zero-order valence-corrected chi connectivity index (χ0v) is 10.6. The van der Waals surface area contributed by atoms with E-state index in [9.17, 15) is 14.0 Å². The smallest absolute Gasteiger partial charge is 0.309 e. The molecule has 0 aromatic heterocycles. The second kappa shape index (κ2) is 5.16. The van der Waals surface area contributed by atoms with Crippen LogP contribution in [0.4, 0.5) is 10.1 Å². The largest absolute Gasteiger partial charge is 0.481 e. The van der Waals surface area contributed by atoms with Gasteiger partial charge in [-0.05, 0) is 32.9 Å². The van der Waals surface area contributed by atoms with Crippen molar-refractivity contribution in [2.24, 2.45) is 5.41 Å². The Morgan fingerprint density at radius 3 is 2.56 bits per heavy atom. The second-order valence-electron chi connectivity index (χ2n) is 4.83. The highest BCUT2D eigenvalue weighted by atomic mass is 19.1. The number of carbonyl (C=O) groups is 2. The van der Waals surface area contributed by atoms with Gasteiger partial charge in [-0.3, -0.25) is 9.59 Å². The third-order valence-electron chi connectivity index (χ3n) is 2.72. The minimum atomic E-state index is -1.15. The number of anilines is 1. The normalized spacial score (nSPS) is 11.1. The predicted octanol–water partition coefficient (Wildman–Crippen LogP) is 2.57. The number of hydrogen-bond acceptors (Lipinski definition) is 2. The van der Waals surface area contributed by atoms with Crippen molar-refractivity contribution in [3.05, 3.63) is 29.6 Å². The molecule has 0 heterocycles. The van der Waals surface area contributed by atoms with E-state index in [0.717, 1.165) is 0 Å². The molecule has 98 valence electrons. The molecule has 0 spiro atoms. The van der Waals surface area contributed by atoms with Gasteiger partial charge < -0.3 is 10.4 Å². The van der Waals surface area contributed by atoms with Gasteiger partial charge in [-0.25, -0.2) is 4.39 Å². The highest BCUT2D eigenvalue weighted by Crippen LogP contribution is 2.23. The van der Waals surface area contributed by atoms with Gasteiger partial charge >= 0.3 is 5.97 Å². The Hall–Kier alpha value is -1.91. The Labute approximate surface area is 105 Å². The number of benzene rings is 1. The average molecular weight is 253 g/mol. The van der Waals surface area contributed by atoms with Crippen LogP contribution in [0.3, 0.4) is 0 Å². The topological polar surface area (TPSA) is 66.4 Å². The van der Waals surface area contributed by atoms with E-state index < -0.39 is 23.1 Å². The number of nitrogens with one attached hydrogen (secondary N) is 1. The van der Waals surface area contributed by atoms with E-state index in [1.165, 1.54) is 26.0 Å². The Morgan fingerprint density at radius 2 is 2.00 bits per heavy atom. The summed E-state index contributed by atoms with van der Waals surface area (Å²) >= 11 is 0. The lowest BCUT2D eigenvalue weighted by Gasteiger charge is -2.18. The lowest BCUT2D eigenvalue weighted by atomic mass is 9.89. The van der Waals surface area contributed by atoms with Crippen molar-refractivity contribution in [3.63, 3.8) is 0 Å². The zero-order valence-electron chi connectivity index (χ0n) is 10.6. The van der Waals surface area contributed by atoms with Crippen LogP contribution < -0.4 is 5.32 Å². The van der Waals surface area contributed by atoms with Crippen LogP contribution in [0.1, 0.15) is 25.8 Å². The van der Waals surface area contributed by atoms with Crippen LogP contribution in [0, 0.1) is 18.2 Å². The van der Waals surface area contributed by atoms with Crippen molar-refractivity contribution in [1.82, 2.24) is 0 Å². The predicted molar refractivity (Wildman–Crippen MR) is 65.8 cm³/mol. The summed E-state index contributed by atoms with van der Waals surface area (Å²) in [5.41, 5.74) is -0.453. The number of halogens is 1. The maximum Gasteiger partial charge on any atom is 0.309 e. The van der Waals surface area contributed by atoms with E-state index in [1.807, 2.05) is 0 Å². The van der Waals surface area contributed by atoms with Gasteiger partial charge in [0.15, 0.2) is 0 Å². The number of carboxylic acid groups (broad SMARTS) is 1. The van der Waals surface area contributed by atoms with Crippen LogP contribution in [0.15, 0.2) is 18.2 Å². The van der Waals surface area contributed by atoms with Crippen LogP contribution in [0.25, 0.3) is 0 Å². The molecular weight excluding hydrogens is 237 g/mol. The third-order valence-corrected chi connectivity index (χ3v) is 2.72. The summed E-state index contributed by atoms with van der Waals surface area (Å²) in [5.74, 6) is -1.91. The molecule has 5 heteroatoms. The van der Waals surface area contributed by atoms with Crippen molar-refractivity contribution in [3.8, 4) is 0 Å². The van der Waals surface area contributed by atoms with Gasteiger partial charge in [0.05, 0.1) is 5.41 Å². The highest BCUT2D eigenvalue weighted by molar-refractivity contribution is 5.94. The molecule has 1 rings (SSSR count). The lowest BCUT2D eigenvalue weighted by molar-refractivity contribution is -0.148. The molecule has 0 atom stereocenters. The van der Waals surface area contributed by atoms with Crippen molar-refractivity contribution < 1.29 is 19.1 Å².